The Morgan fingerprint density at radius 1 is 1.41 bits per heavy atom. The van der Waals surface area contributed by atoms with Crippen LogP contribution in [-0.2, 0) is 6.42 Å². The fourth-order valence-electron chi connectivity index (χ4n) is 2.72. The van der Waals surface area contributed by atoms with Gasteiger partial charge in [-0.05, 0) is 42.9 Å². The van der Waals surface area contributed by atoms with E-state index < -0.39 is 0 Å². The number of nitrogens with zero attached hydrogens (tertiary/aromatic N) is 1. The number of H-pyrrole nitrogens is 1. The first-order chi connectivity index (χ1) is 10.2. The Labute approximate surface area is 149 Å². The maximum Gasteiger partial charge on any atom is 0.191 e. The number of aliphatic imine (C=N–C) groups is 1. The predicted molar refractivity (Wildman–Crippen MR) is 104 cm³/mol. The number of halogens is 1. The average molecular weight is 412 g/mol. The molecule has 4 nitrogen and oxygen atoms in total. The third-order valence-electron chi connectivity index (χ3n) is 4.26. The van der Waals surface area contributed by atoms with Crippen LogP contribution >= 0.6 is 24.0 Å². The van der Waals surface area contributed by atoms with Gasteiger partial charge in [-0.3, -0.25) is 4.99 Å². The molecule has 0 spiro atoms. The van der Waals surface area contributed by atoms with Crippen LogP contribution in [0.3, 0.4) is 0 Å². The lowest BCUT2D eigenvalue weighted by atomic mass is 10.1. The average Bonchev–Trinajstić information content (AvgIpc) is 3.02. The molecule has 2 aromatic rings. The zero-order valence-corrected chi connectivity index (χ0v) is 15.8. The molecule has 1 aliphatic carbocycles. The summed E-state index contributed by atoms with van der Waals surface area (Å²) in [6, 6.07) is 7.17. The molecule has 3 rings (SSSR count). The van der Waals surface area contributed by atoms with Gasteiger partial charge in [0.25, 0.3) is 0 Å². The molecule has 0 bridgehead atoms. The Morgan fingerprint density at radius 3 is 2.86 bits per heavy atom. The molecule has 120 valence electrons. The van der Waals surface area contributed by atoms with E-state index in [4.69, 9.17) is 0 Å². The predicted octanol–water partition coefficient (Wildman–Crippen LogP) is 3.21. The number of aromatic nitrogens is 1. The number of hydrogen-bond acceptors (Lipinski definition) is 1. The van der Waals surface area contributed by atoms with Crippen molar-refractivity contribution in [3.63, 3.8) is 0 Å². The van der Waals surface area contributed by atoms with Crippen LogP contribution in [0, 0.1) is 12.8 Å². The van der Waals surface area contributed by atoms with E-state index >= 15 is 0 Å². The summed E-state index contributed by atoms with van der Waals surface area (Å²) >= 11 is 0. The van der Waals surface area contributed by atoms with Crippen molar-refractivity contribution < 1.29 is 0 Å². The van der Waals surface area contributed by atoms with Gasteiger partial charge in [0.2, 0.25) is 0 Å². The Hall–Kier alpha value is -1.24. The van der Waals surface area contributed by atoms with E-state index in [2.05, 4.69) is 58.9 Å². The van der Waals surface area contributed by atoms with Crippen LogP contribution in [-0.4, -0.2) is 30.6 Å². The number of fused-ring (bicyclic) bond motifs is 1. The lowest BCUT2D eigenvalue weighted by Crippen LogP contribution is -2.39. The van der Waals surface area contributed by atoms with E-state index in [1.807, 2.05) is 7.05 Å². The molecule has 5 heteroatoms. The van der Waals surface area contributed by atoms with Crippen molar-refractivity contribution in [1.82, 2.24) is 15.6 Å². The summed E-state index contributed by atoms with van der Waals surface area (Å²) in [5.74, 6) is 1.69. The van der Waals surface area contributed by atoms with E-state index in [0.29, 0.717) is 6.04 Å². The van der Waals surface area contributed by atoms with Crippen molar-refractivity contribution >= 4 is 40.8 Å². The highest BCUT2D eigenvalue weighted by Crippen LogP contribution is 2.28. The molecule has 2 unspecified atom stereocenters. The van der Waals surface area contributed by atoms with Crippen molar-refractivity contribution in [2.75, 3.05) is 13.6 Å². The van der Waals surface area contributed by atoms with E-state index in [-0.39, 0.29) is 24.0 Å². The largest absolute Gasteiger partial charge is 0.361 e. The summed E-state index contributed by atoms with van der Waals surface area (Å²) in [6.07, 6.45) is 4.36. The number of aromatic amines is 1. The molecule has 3 N–H and O–H groups in total. The molecule has 1 saturated carbocycles. The highest BCUT2D eigenvalue weighted by Gasteiger charge is 2.33. The maximum absolute atomic E-state index is 4.28. The van der Waals surface area contributed by atoms with Crippen LogP contribution in [0.15, 0.2) is 29.4 Å². The van der Waals surface area contributed by atoms with Crippen LogP contribution in [0.5, 0.6) is 0 Å². The molecule has 0 radical (unpaired) electrons. The molecule has 2 atom stereocenters. The minimum Gasteiger partial charge on any atom is -0.361 e. The van der Waals surface area contributed by atoms with Crippen LogP contribution < -0.4 is 10.6 Å². The van der Waals surface area contributed by atoms with Crippen molar-refractivity contribution in [1.29, 1.82) is 0 Å². The highest BCUT2D eigenvalue weighted by molar-refractivity contribution is 14.0. The minimum absolute atomic E-state index is 0. The number of aryl methyl sites for hydroxylation is 1. The Bertz CT molecular complexity index is 662. The van der Waals surface area contributed by atoms with Crippen molar-refractivity contribution in [3.05, 3.63) is 35.5 Å². The zero-order valence-electron chi connectivity index (χ0n) is 13.4. The molecule has 1 fully saturated rings. The molecule has 0 aliphatic heterocycles. The SMILES string of the molecule is CN=C(NCCc1c[nH]c2cc(C)ccc12)NC1CC1C.I. The molecule has 22 heavy (non-hydrogen) atoms. The van der Waals surface area contributed by atoms with Crippen LogP contribution in [0.4, 0.5) is 0 Å². The van der Waals surface area contributed by atoms with Gasteiger partial charge in [-0.25, -0.2) is 0 Å². The number of rotatable bonds is 4. The van der Waals surface area contributed by atoms with Gasteiger partial charge < -0.3 is 15.6 Å². The van der Waals surface area contributed by atoms with Gasteiger partial charge in [0.15, 0.2) is 5.96 Å². The maximum atomic E-state index is 4.28. The second-order valence-electron chi connectivity index (χ2n) is 6.08. The van der Waals surface area contributed by atoms with Crippen molar-refractivity contribution in [3.8, 4) is 0 Å². The third kappa shape index (κ3) is 3.94. The van der Waals surface area contributed by atoms with Crippen LogP contribution in [0.1, 0.15) is 24.5 Å². The summed E-state index contributed by atoms with van der Waals surface area (Å²) in [6.45, 7) is 5.27. The van der Waals surface area contributed by atoms with E-state index in [1.165, 1.54) is 28.5 Å². The first-order valence-electron chi connectivity index (χ1n) is 7.71. The molecule has 0 amide bonds. The fraction of sp³-hybridized carbons (Fsp3) is 0.471. The summed E-state index contributed by atoms with van der Waals surface area (Å²) in [5.41, 5.74) is 3.87. The van der Waals surface area contributed by atoms with Gasteiger partial charge in [0.05, 0.1) is 0 Å². The lowest BCUT2D eigenvalue weighted by molar-refractivity contribution is 0.759. The number of guanidine groups is 1. The zero-order chi connectivity index (χ0) is 14.8. The second kappa shape index (κ2) is 7.35. The standard InChI is InChI=1S/C17H24N4.HI/c1-11-4-5-14-13(10-20-16(14)8-11)6-7-19-17(18-3)21-15-9-12(15)2;/h4-5,8,10,12,15,20H,6-7,9H2,1-3H3,(H2,18,19,21);1H. The molecule has 1 aromatic carbocycles. The molecular formula is C17H25IN4. The van der Waals surface area contributed by atoms with Crippen molar-refractivity contribution in [2.45, 2.75) is 32.7 Å². The first kappa shape index (κ1) is 17.1. The molecule has 1 aliphatic rings. The second-order valence-corrected chi connectivity index (χ2v) is 6.08. The number of benzene rings is 1. The van der Waals surface area contributed by atoms with Crippen molar-refractivity contribution in [2.24, 2.45) is 10.9 Å². The summed E-state index contributed by atoms with van der Waals surface area (Å²) in [7, 11) is 1.83. The number of hydrogen-bond donors (Lipinski definition) is 3. The monoisotopic (exact) mass is 412 g/mol. The summed E-state index contributed by atoms with van der Waals surface area (Å²) in [4.78, 5) is 7.64. The Balaban J connectivity index is 0.00000176. The quantitative estimate of drug-likeness (QED) is 0.411. The minimum atomic E-state index is 0. The van der Waals surface area contributed by atoms with Gasteiger partial charge in [0, 0.05) is 36.7 Å². The molecular weight excluding hydrogens is 387 g/mol. The molecule has 1 heterocycles. The van der Waals surface area contributed by atoms with E-state index in [1.54, 1.807) is 0 Å². The lowest BCUT2D eigenvalue weighted by Gasteiger charge is -2.11. The third-order valence-corrected chi connectivity index (χ3v) is 4.26. The van der Waals surface area contributed by atoms with Gasteiger partial charge in [0.1, 0.15) is 0 Å². The first-order valence-corrected chi connectivity index (χ1v) is 7.71. The van der Waals surface area contributed by atoms with Gasteiger partial charge in [-0.15, -0.1) is 24.0 Å². The fourth-order valence-corrected chi connectivity index (χ4v) is 2.72. The van der Waals surface area contributed by atoms with Gasteiger partial charge >= 0.3 is 0 Å². The highest BCUT2D eigenvalue weighted by atomic mass is 127. The topological polar surface area (TPSA) is 52.2 Å². The number of nitrogens with one attached hydrogen (secondary N) is 3. The van der Waals surface area contributed by atoms with Crippen LogP contribution in [0.2, 0.25) is 0 Å². The molecule has 0 saturated heterocycles. The van der Waals surface area contributed by atoms with E-state index in [0.717, 1.165) is 24.8 Å². The summed E-state index contributed by atoms with van der Waals surface area (Å²) < 4.78 is 0. The smallest absolute Gasteiger partial charge is 0.191 e. The normalized spacial score (nSPS) is 20.6. The van der Waals surface area contributed by atoms with Gasteiger partial charge in [-0.2, -0.15) is 0 Å². The molecule has 1 aromatic heterocycles. The van der Waals surface area contributed by atoms with Crippen LogP contribution in [0.25, 0.3) is 10.9 Å². The van der Waals surface area contributed by atoms with Gasteiger partial charge in [-0.1, -0.05) is 19.1 Å². The summed E-state index contributed by atoms with van der Waals surface area (Å²) in [5, 5.41) is 8.17. The van der Waals surface area contributed by atoms with E-state index in [9.17, 15) is 0 Å². The Morgan fingerprint density at radius 2 is 2.18 bits per heavy atom. The Kier molecular flexibility index (Phi) is 5.72.